The molecule has 8 heteroatoms. The molecule has 1 heterocycles. The van der Waals surface area contributed by atoms with E-state index in [2.05, 4.69) is 26.1 Å². The SMILES string of the molecule is Cc1cc(C)nc(NNC(=O)CCCNC(=O)c2ccc(Cl)cc2)n1. The lowest BCUT2D eigenvalue weighted by atomic mass is 10.2. The van der Waals surface area contributed by atoms with Crippen molar-refractivity contribution in [1.29, 1.82) is 0 Å². The van der Waals surface area contributed by atoms with Crippen molar-refractivity contribution >= 4 is 29.4 Å². The van der Waals surface area contributed by atoms with Crippen molar-refractivity contribution < 1.29 is 9.59 Å². The van der Waals surface area contributed by atoms with Crippen molar-refractivity contribution in [3.05, 3.63) is 52.3 Å². The number of halogens is 1. The van der Waals surface area contributed by atoms with Crippen LogP contribution < -0.4 is 16.2 Å². The first kappa shape index (κ1) is 18.7. The van der Waals surface area contributed by atoms with Crippen molar-refractivity contribution in [1.82, 2.24) is 20.7 Å². The average molecular weight is 362 g/mol. The molecule has 3 N–H and O–H groups in total. The highest BCUT2D eigenvalue weighted by Crippen LogP contribution is 2.09. The summed E-state index contributed by atoms with van der Waals surface area (Å²) in [5.41, 5.74) is 7.38. The van der Waals surface area contributed by atoms with Gasteiger partial charge in [-0.15, -0.1) is 0 Å². The molecular weight excluding hydrogens is 342 g/mol. The number of aromatic nitrogens is 2. The molecule has 0 radical (unpaired) electrons. The molecule has 2 aromatic rings. The van der Waals surface area contributed by atoms with Gasteiger partial charge in [0.2, 0.25) is 11.9 Å². The molecule has 0 saturated carbocycles. The molecule has 2 amide bonds. The van der Waals surface area contributed by atoms with Gasteiger partial charge in [0.15, 0.2) is 0 Å². The molecule has 0 aliphatic carbocycles. The van der Waals surface area contributed by atoms with E-state index in [1.54, 1.807) is 24.3 Å². The van der Waals surface area contributed by atoms with E-state index >= 15 is 0 Å². The number of anilines is 1. The second-order valence-corrected chi connectivity index (χ2v) is 5.95. The van der Waals surface area contributed by atoms with Gasteiger partial charge in [-0.25, -0.2) is 9.97 Å². The molecule has 0 atom stereocenters. The smallest absolute Gasteiger partial charge is 0.251 e. The third-order valence-corrected chi connectivity index (χ3v) is 3.52. The first-order chi connectivity index (χ1) is 11.9. The van der Waals surface area contributed by atoms with Crippen LogP contribution in [0.5, 0.6) is 0 Å². The van der Waals surface area contributed by atoms with E-state index in [1.807, 2.05) is 19.9 Å². The van der Waals surface area contributed by atoms with Crippen LogP contribution in [0.2, 0.25) is 5.02 Å². The van der Waals surface area contributed by atoms with Crippen LogP contribution in [0, 0.1) is 13.8 Å². The molecule has 0 aliphatic heterocycles. The molecular formula is C17H20ClN5O2. The van der Waals surface area contributed by atoms with Gasteiger partial charge in [-0.3, -0.25) is 20.4 Å². The zero-order chi connectivity index (χ0) is 18.2. The first-order valence-corrected chi connectivity index (χ1v) is 8.23. The van der Waals surface area contributed by atoms with Crippen LogP contribution in [-0.4, -0.2) is 28.3 Å². The number of hydrogen-bond donors (Lipinski definition) is 3. The van der Waals surface area contributed by atoms with E-state index in [9.17, 15) is 9.59 Å². The van der Waals surface area contributed by atoms with Gasteiger partial charge in [-0.2, -0.15) is 0 Å². The Morgan fingerprint density at radius 1 is 1.08 bits per heavy atom. The second kappa shape index (κ2) is 8.98. The Morgan fingerprint density at radius 2 is 1.72 bits per heavy atom. The average Bonchev–Trinajstić information content (AvgIpc) is 2.56. The molecule has 132 valence electrons. The van der Waals surface area contributed by atoms with Crippen LogP contribution >= 0.6 is 11.6 Å². The highest BCUT2D eigenvalue weighted by molar-refractivity contribution is 6.30. The Kier molecular flexibility index (Phi) is 6.71. The molecule has 0 saturated heterocycles. The number of benzene rings is 1. The minimum Gasteiger partial charge on any atom is -0.352 e. The third kappa shape index (κ3) is 6.39. The molecule has 1 aromatic carbocycles. The number of hydrogen-bond acceptors (Lipinski definition) is 5. The third-order valence-electron chi connectivity index (χ3n) is 3.27. The minimum absolute atomic E-state index is 0.196. The number of rotatable bonds is 7. The van der Waals surface area contributed by atoms with Gasteiger partial charge in [-0.1, -0.05) is 11.6 Å². The lowest BCUT2D eigenvalue weighted by molar-refractivity contribution is -0.120. The lowest BCUT2D eigenvalue weighted by Crippen LogP contribution is -2.31. The zero-order valence-corrected chi connectivity index (χ0v) is 14.9. The van der Waals surface area contributed by atoms with Gasteiger partial charge in [0.1, 0.15) is 0 Å². The fourth-order valence-corrected chi connectivity index (χ4v) is 2.25. The predicted molar refractivity (Wildman–Crippen MR) is 96.3 cm³/mol. The summed E-state index contributed by atoms with van der Waals surface area (Å²) in [5.74, 6) is -0.0516. The number of hydrazine groups is 1. The summed E-state index contributed by atoms with van der Waals surface area (Å²) in [6, 6.07) is 8.46. The zero-order valence-electron chi connectivity index (χ0n) is 14.1. The van der Waals surface area contributed by atoms with Gasteiger partial charge in [-0.05, 0) is 50.6 Å². The van der Waals surface area contributed by atoms with Crippen molar-refractivity contribution in [3.63, 3.8) is 0 Å². The van der Waals surface area contributed by atoms with E-state index in [0.29, 0.717) is 29.5 Å². The highest BCUT2D eigenvalue weighted by atomic mass is 35.5. The van der Waals surface area contributed by atoms with E-state index in [-0.39, 0.29) is 18.2 Å². The molecule has 0 bridgehead atoms. The van der Waals surface area contributed by atoms with Crippen LogP contribution in [0.25, 0.3) is 0 Å². The van der Waals surface area contributed by atoms with Gasteiger partial charge in [0, 0.05) is 34.9 Å². The van der Waals surface area contributed by atoms with Crippen LogP contribution in [0.3, 0.4) is 0 Å². The van der Waals surface area contributed by atoms with Crippen LogP contribution in [0.4, 0.5) is 5.95 Å². The topological polar surface area (TPSA) is 96.0 Å². The largest absolute Gasteiger partial charge is 0.352 e. The Bertz CT molecular complexity index is 729. The maximum Gasteiger partial charge on any atom is 0.251 e. The maximum absolute atomic E-state index is 11.9. The molecule has 2 rings (SSSR count). The molecule has 25 heavy (non-hydrogen) atoms. The molecule has 0 unspecified atom stereocenters. The van der Waals surface area contributed by atoms with Crippen molar-refractivity contribution in [3.8, 4) is 0 Å². The maximum atomic E-state index is 11.9. The standard InChI is InChI=1S/C17H20ClN5O2/c1-11-10-12(2)21-17(20-11)23-22-15(24)4-3-9-19-16(25)13-5-7-14(18)8-6-13/h5-8,10H,3-4,9H2,1-2H3,(H,19,25)(H,22,24)(H,20,21,23). The first-order valence-electron chi connectivity index (χ1n) is 7.85. The quantitative estimate of drug-likeness (QED) is 0.520. The Hall–Kier alpha value is -2.67. The summed E-state index contributed by atoms with van der Waals surface area (Å²) in [4.78, 5) is 32.0. The Labute approximate surface area is 151 Å². The van der Waals surface area contributed by atoms with Crippen molar-refractivity contribution in [2.75, 3.05) is 12.0 Å². The lowest BCUT2D eigenvalue weighted by Gasteiger charge is -2.09. The van der Waals surface area contributed by atoms with Crippen LogP contribution in [0.15, 0.2) is 30.3 Å². The second-order valence-electron chi connectivity index (χ2n) is 5.51. The van der Waals surface area contributed by atoms with E-state index in [1.165, 1.54) is 0 Å². The summed E-state index contributed by atoms with van der Waals surface area (Å²) in [7, 11) is 0. The Balaban J connectivity index is 1.66. The molecule has 7 nitrogen and oxygen atoms in total. The van der Waals surface area contributed by atoms with Crippen molar-refractivity contribution in [2.45, 2.75) is 26.7 Å². The molecule has 1 aromatic heterocycles. The predicted octanol–water partition coefficient (Wildman–Crippen LogP) is 2.40. The fourth-order valence-electron chi connectivity index (χ4n) is 2.12. The summed E-state index contributed by atoms with van der Waals surface area (Å²) < 4.78 is 0. The molecule has 0 fully saturated rings. The van der Waals surface area contributed by atoms with E-state index < -0.39 is 0 Å². The minimum atomic E-state index is -0.205. The fraction of sp³-hybridized carbons (Fsp3) is 0.294. The summed E-state index contributed by atoms with van der Waals surface area (Å²) in [5, 5.41) is 3.33. The van der Waals surface area contributed by atoms with E-state index in [4.69, 9.17) is 11.6 Å². The van der Waals surface area contributed by atoms with E-state index in [0.717, 1.165) is 11.4 Å². The Morgan fingerprint density at radius 3 is 2.36 bits per heavy atom. The van der Waals surface area contributed by atoms with Crippen molar-refractivity contribution in [2.24, 2.45) is 0 Å². The highest BCUT2D eigenvalue weighted by Gasteiger charge is 2.06. The molecule has 0 aliphatic rings. The number of nitrogens with zero attached hydrogens (tertiary/aromatic N) is 2. The summed E-state index contributed by atoms with van der Waals surface area (Å²) >= 11 is 5.78. The molecule has 0 spiro atoms. The van der Waals surface area contributed by atoms with Gasteiger partial charge in [0.25, 0.3) is 5.91 Å². The summed E-state index contributed by atoms with van der Waals surface area (Å²) in [6.07, 6.45) is 0.777. The number of carbonyl (C=O) groups is 2. The number of nitrogens with one attached hydrogen (secondary N) is 3. The van der Waals surface area contributed by atoms with Crippen LogP contribution in [-0.2, 0) is 4.79 Å². The van der Waals surface area contributed by atoms with Gasteiger partial charge < -0.3 is 5.32 Å². The number of carbonyl (C=O) groups excluding carboxylic acids is 2. The normalized spacial score (nSPS) is 10.2. The number of amides is 2. The summed E-state index contributed by atoms with van der Waals surface area (Å²) in [6.45, 7) is 4.10. The number of aryl methyl sites for hydroxylation is 2. The van der Waals surface area contributed by atoms with Gasteiger partial charge in [0.05, 0.1) is 0 Å². The van der Waals surface area contributed by atoms with Gasteiger partial charge >= 0.3 is 0 Å². The van der Waals surface area contributed by atoms with Crippen LogP contribution in [0.1, 0.15) is 34.6 Å². The monoisotopic (exact) mass is 361 g/mol.